The third kappa shape index (κ3) is 3.47. The zero-order chi connectivity index (χ0) is 10.7. The molecule has 0 atom stereocenters. The number of rotatable bonds is 4. The highest BCUT2D eigenvalue weighted by Gasteiger charge is 2.36. The summed E-state index contributed by atoms with van der Waals surface area (Å²) in [7, 11) is 0. The molecule has 0 aromatic carbocycles. The van der Waals surface area contributed by atoms with Crippen LogP contribution in [0.25, 0.3) is 0 Å². The average Bonchev–Trinajstić information content (AvgIpc) is 2.96. The zero-order valence-corrected chi connectivity index (χ0v) is 9.34. The second kappa shape index (κ2) is 4.49. The molecule has 0 bridgehead atoms. The summed E-state index contributed by atoms with van der Waals surface area (Å²) in [4.78, 5) is 11.6. The highest BCUT2D eigenvalue weighted by molar-refractivity contribution is 5.78. The fourth-order valence-corrected chi connectivity index (χ4v) is 1.78. The van der Waals surface area contributed by atoms with Crippen molar-refractivity contribution in [3.63, 3.8) is 0 Å². The van der Waals surface area contributed by atoms with Crippen molar-refractivity contribution in [3.05, 3.63) is 0 Å². The maximum Gasteiger partial charge on any atom is 0.234 e. The van der Waals surface area contributed by atoms with Crippen molar-refractivity contribution >= 4 is 5.91 Å². The van der Waals surface area contributed by atoms with E-state index in [0.717, 1.165) is 26.1 Å². The van der Waals surface area contributed by atoms with Crippen molar-refractivity contribution in [2.45, 2.75) is 44.2 Å². The third-order valence-electron chi connectivity index (χ3n) is 3.26. The molecule has 2 fully saturated rings. The standard InChI is InChI=1S/C11H20N2O2/c1-11(4-5-11)12-8-10(14)13-9-2-6-15-7-3-9/h9,12H,2-8H2,1H3,(H,13,14). The van der Waals surface area contributed by atoms with E-state index in [4.69, 9.17) is 4.74 Å². The van der Waals surface area contributed by atoms with E-state index in [2.05, 4.69) is 17.6 Å². The first-order valence-electron chi connectivity index (χ1n) is 5.80. The van der Waals surface area contributed by atoms with E-state index in [1.807, 2.05) is 0 Å². The van der Waals surface area contributed by atoms with Crippen LogP contribution in [-0.2, 0) is 9.53 Å². The van der Waals surface area contributed by atoms with Gasteiger partial charge < -0.3 is 15.4 Å². The van der Waals surface area contributed by atoms with Crippen LogP contribution in [0.3, 0.4) is 0 Å². The van der Waals surface area contributed by atoms with Gasteiger partial charge >= 0.3 is 0 Å². The Hall–Kier alpha value is -0.610. The predicted molar refractivity (Wildman–Crippen MR) is 57.6 cm³/mol. The lowest BCUT2D eigenvalue weighted by Crippen LogP contribution is -2.45. The van der Waals surface area contributed by atoms with Gasteiger partial charge in [-0.15, -0.1) is 0 Å². The minimum Gasteiger partial charge on any atom is -0.381 e. The van der Waals surface area contributed by atoms with E-state index in [9.17, 15) is 4.79 Å². The quantitative estimate of drug-likeness (QED) is 0.710. The molecule has 1 amide bonds. The van der Waals surface area contributed by atoms with E-state index in [-0.39, 0.29) is 11.4 Å². The molecule has 0 spiro atoms. The maximum absolute atomic E-state index is 11.6. The van der Waals surface area contributed by atoms with Gasteiger partial charge in [-0.3, -0.25) is 4.79 Å². The number of carbonyl (C=O) groups is 1. The molecule has 0 radical (unpaired) electrons. The van der Waals surface area contributed by atoms with Crippen LogP contribution in [0, 0.1) is 0 Å². The van der Waals surface area contributed by atoms with Crippen LogP contribution < -0.4 is 10.6 Å². The largest absolute Gasteiger partial charge is 0.381 e. The fourth-order valence-electron chi connectivity index (χ4n) is 1.78. The molecule has 15 heavy (non-hydrogen) atoms. The molecular weight excluding hydrogens is 192 g/mol. The molecule has 4 nitrogen and oxygen atoms in total. The minimum absolute atomic E-state index is 0.120. The molecule has 1 heterocycles. The van der Waals surface area contributed by atoms with Gasteiger partial charge in [-0.2, -0.15) is 0 Å². The highest BCUT2D eigenvalue weighted by Crippen LogP contribution is 2.33. The summed E-state index contributed by atoms with van der Waals surface area (Å²) in [6, 6.07) is 0.319. The van der Waals surface area contributed by atoms with Gasteiger partial charge in [0.15, 0.2) is 0 Å². The number of carbonyl (C=O) groups excluding carboxylic acids is 1. The SMILES string of the molecule is CC1(NCC(=O)NC2CCOCC2)CC1. The number of amides is 1. The topological polar surface area (TPSA) is 50.4 Å². The summed E-state index contributed by atoms with van der Waals surface area (Å²) in [5.41, 5.74) is 0.243. The number of ether oxygens (including phenoxy) is 1. The summed E-state index contributed by atoms with van der Waals surface area (Å²) in [6.07, 6.45) is 4.28. The van der Waals surface area contributed by atoms with Crippen molar-refractivity contribution in [1.29, 1.82) is 0 Å². The van der Waals surface area contributed by atoms with E-state index in [0.29, 0.717) is 12.6 Å². The minimum atomic E-state index is 0.120. The third-order valence-corrected chi connectivity index (χ3v) is 3.26. The van der Waals surface area contributed by atoms with Gasteiger partial charge in [-0.25, -0.2) is 0 Å². The molecule has 2 aliphatic rings. The van der Waals surface area contributed by atoms with Crippen LogP contribution in [-0.4, -0.2) is 37.2 Å². The number of nitrogens with one attached hydrogen (secondary N) is 2. The Morgan fingerprint density at radius 1 is 1.40 bits per heavy atom. The van der Waals surface area contributed by atoms with Crippen LogP contribution in [0.4, 0.5) is 0 Å². The highest BCUT2D eigenvalue weighted by atomic mass is 16.5. The summed E-state index contributed by atoms with van der Waals surface area (Å²) in [5.74, 6) is 0.120. The first kappa shape index (κ1) is 10.9. The lowest BCUT2D eigenvalue weighted by molar-refractivity contribution is -0.121. The van der Waals surface area contributed by atoms with E-state index < -0.39 is 0 Å². The van der Waals surface area contributed by atoms with Crippen LogP contribution in [0.1, 0.15) is 32.6 Å². The molecule has 0 aromatic rings. The number of hydrogen-bond acceptors (Lipinski definition) is 3. The van der Waals surface area contributed by atoms with E-state index in [1.165, 1.54) is 12.8 Å². The molecule has 0 unspecified atom stereocenters. The van der Waals surface area contributed by atoms with Crippen molar-refractivity contribution in [1.82, 2.24) is 10.6 Å². The first-order valence-corrected chi connectivity index (χ1v) is 5.80. The van der Waals surface area contributed by atoms with Gasteiger partial charge in [-0.1, -0.05) is 0 Å². The van der Waals surface area contributed by atoms with Crippen LogP contribution >= 0.6 is 0 Å². The Morgan fingerprint density at radius 2 is 2.07 bits per heavy atom. The summed E-state index contributed by atoms with van der Waals surface area (Å²) < 4.78 is 5.24. The van der Waals surface area contributed by atoms with Gasteiger partial charge in [-0.05, 0) is 32.6 Å². The first-order chi connectivity index (χ1) is 7.18. The summed E-state index contributed by atoms with van der Waals surface area (Å²) >= 11 is 0. The van der Waals surface area contributed by atoms with Gasteiger partial charge in [0.2, 0.25) is 5.91 Å². The molecule has 1 aliphatic heterocycles. The van der Waals surface area contributed by atoms with Crippen LogP contribution in [0.2, 0.25) is 0 Å². The second-order valence-corrected chi connectivity index (χ2v) is 4.87. The van der Waals surface area contributed by atoms with Gasteiger partial charge in [0.1, 0.15) is 0 Å². The molecule has 1 saturated heterocycles. The van der Waals surface area contributed by atoms with Crippen LogP contribution in [0.15, 0.2) is 0 Å². The molecular formula is C11H20N2O2. The monoisotopic (exact) mass is 212 g/mol. The Kier molecular flexibility index (Phi) is 3.26. The Bertz CT molecular complexity index is 233. The molecule has 0 aromatic heterocycles. The molecule has 1 aliphatic carbocycles. The molecule has 4 heteroatoms. The van der Waals surface area contributed by atoms with Crippen molar-refractivity contribution in [2.75, 3.05) is 19.8 Å². The Labute approximate surface area is 90.8 Å². The summed E-state index contributed by atoms with van der Waals surface area (Å²) in [6.45, 7) is 4.16. The lowest BCUT2D eigenvalue weighted by Gasteiger charge is -2.23. The zero-order valence-electron chi connectivity index (χ0n) is 9.34. The number of hydrogen-bond donors (Lipinski definition) is 2. The lowest BCUT2D eigenvalue weighted by atomic mass is 10.1. The normalized spacial score (nSPS) is 24.9. The predicted octanol–water partition coefficient (Wildman–Crippen LogP) is 0.424. The van der Waals surface area contributed by atoms with Crippen molar-refractivity contribution in [3.8, 4) is 0 Å². The Morgan fingerprint density at radius 3 is 2.67 bits per heavy atom. The average molecular weight is 212 g/mol. The molecule has 2 N–H and O–H groups in total. The van der Waals surface area contributed by atoms with Crippen molar-refractivity contribution < 1.29 is 9.53 Å². The van der Waals surface area contributed by atoms with E-state index in [1.54, 1.807) is 0 Å². The summed E-state index contributed by atoms with van der Waals surface area (Å²) in [5, 5.41) is 6.32. The van der Waals surface area contributed by atoms with E-state index >= 15 is 0 Å². The van der Waals surface area contributed by atoms with Crippen LogP contribution in [0.5, 0.6) is 0 Å². The fraction of sp³-hybridized carbons (Fsp3) is 0.909. The molecule has 86 valence electrons. The van der Waals surface area contributed by atoms with Gasteiger partial charge in [0.25, 0.3) is 0 Å². The molecule has 2 rings (SSSR count). The van der Waals surface area contributed by atoms with Gasteiger partial charge in [0, 0.05) is 24.8 Å². The second-order valence-electron chi connectivity index (χ2n) is 4.87. The van der Waals surface area contributed by atoms with Crippen molar-refractivity contribution in [2.24, 2.45) is 0 Å². The smallest absolute Gasteiger partial charge is 0.234 e. The maximum atomic E-state index is 11.6. The molecule has 1 saturated carbocycles. The Balaban J connectivity index is 1.62. The van der Waals surface area contributed by atoms with Gasteiger partial charge in [0.05, 0.1) is 6.54 Å².